The third-order valence-corrected chi connectivity index (χ3v) is 7.12. The summed E-state index contributed by atoms with van der Waals surface area (Å²) in [5.41, 5.74) is 3.36. The molecule has 0 unspecified atom stereocenters. The van der Waals surface area contributed by atoms with Gasteiger partial charge in [0.2, 0.25) is 0 Å². The monoisotopic (exact) mass is 379 g/mol. The van der Waals surface area contributed by atoms with Crippen molar-refractivity contribution in [2.45, 2.75) is 31.2 Å². The Bertz CT molecular complexity index is 940. The van der Waals surface area contributed by atoms with E-state index in [-0.39, 0.29) is 6.04 Å². The molecule has 5 atom stereocenters. The number of benzene rings is 2. The number of aromatic carboxylic acids is 1. The van der Waals surface area contributed by atoms with Gasteiger partial charge in [0, 0.05) is 5.56 Å². The minimum atomic E-state index is -0.887. The van der Waals surface area contributed by atoms with Crippen molar-refractivity contribution in [2.24, 2.45) is 17.8 Å². The summed E-state index contributed by atoms with van der Waals surface area (Å²) in [5.74, 6) is 2.69. The van der Waals surface area contributed by atoms with Gasteiger partial charge in [-0.05, 0) is 60.6 Å². The first-order chi connectivity index (χ1) is 13.6. The van der Waals surface area contributed by atoms with E-state index in [0.717, 1.165) is 17.0 Å². The number of carbonyl (C=O) groups is 1. The molecule has 146 valence electrons. The molecule has 0 radical (unpaired) electrons. The van der Waals surface area contributed by atoms with Crippen LogP contribution in [0.3, 0.4) is 0 Å². The zero-order chi connectivity index (χ0) is 19.4. The van der Waals surface area contributed by atoms with Crippen molar-refractivity contribution < 1.29 is 19.4 Å². The van der Waals surface area contributed by atoms with Gasteiger partial charge in [0.1, 0.15) is 0 Å². The lowest BCUT2D eigenvalue weighted by Gasteiger charge is -2.44. The first-order valence-electron chi connectivity index (χ1n) is 9.97. The van der Waals surface area contributed by atoms with Crippen LogP contribution in [-0.4, -0.2) is 25.3 Å². The van der Waals surface area contributed by atoms with E-state index in [4.69, 9.17) is 9.47 Å². The van der Waals surface area contributed by atoms with Crippen LogP contribution >= 0.6 is 0 Å². The van der Waals surface area contributed by atoms with E-state index in [2.05, 4.69) is 17.4 Å². The zero-order valence-corrected chi connectivity index (χ0v) is 16.1. The van der Waals surface area contributed by atoms with E-state index in [0.29, 0.717) is 35.0 Å². The molecule has 1 aliphatic heterocycles. The Hall–Kier alpha value is -2.69. The summed E-state index contributed by atoms with van der Waals surface area (Å²) in [6, 6.07) is 11.7. The standard InChI is InChI=1S/C23H25NO4/c1-27-17-8-4-6-15(22(17)28-2)21-19-13-10-9-12(11-13)18(19)14-5-3-7-16(23(25)26)20(14)24-21/h3-8,12-13,18-19,21,24H,9-11H2,1-2H3,(H,25,26)/t12-,13+,18+,19+,21+/m1/s1. The van der Waals surface area contributed by atoms with Crippen molar-refractivity contribution in [2.75, 3.05) is 19.5 Å². The molecule has 0 amide bonds. The predicted molar refractivity (Wildman–Crippen MR) is 106 cm³/mol. The fourth-order valence-corrected chi connectivity index (χ4v) is 6.16. The lowest BCUT2D eigenvalue weighted by atomic mass is 9.67. The maximum Gasteiger partial charge on any atom is 0.337 e. The summed E-state index contributed by atoms with van der Waals surface area (Å²) in [6.07, 6.45) is 3.73. The second kappa shape index (κ2) is 6.43. The van der Waals surface area contributed by atoms with Crippen molar-refractivity contribution in [1.82, 2.24) is 0 Å². The fourth-order valence-electron chi connectivity index (χ4n) is 6.16. The van der Waals surface area contributed by atoms with Gasteiger partial charge < -0.3 is 19.9 Å². The summed E-state index contributed by atoms with van der Waals surface area (Å²) in [4.78, 5) is 11.9. The molecule has 2 bridgehead atoms. The van der Waals surface area contributed by atoms with Crippen molar-refractivity contribution >= 4 is 11.7 Å². The number of methoxy groups -OCH3 is 2. The van der Waals surface area contributed by atoms with Gasteiger partial charge in [-0.1, -0.05) is 24.3 Å². The van der Waals surface area contributed by atoms with E-state index >= 15 is 0 Å². The van der Waals surface area contributed by atoms with E-state index in [1.54, 1.807) is 20.3 Å². The van der Waals surface area contributed by atoms with Gasteiger partial charge in [0.25, 0.3) is 0 Å². The number of carboxylic acid groups (broad SMARTS) is 1. The number of carboxylic acids is 1. The van der Waals surface area contributed by atoms with E-state index in [9.17, 15) is 9.90 Å². The predicted octanol–water partition coefficient (Wildman–Crippen LogP) is 4.70. The zero-order valence-electron chi connectivity index (χ0n) is 16.1. The summed E-state index contributed by atoms with van der Waals surface area (Å²) in [6.45, 7) is 0. The average molecular weight is 379 g/mol. The topological polar surface area (TPSA) is 67.8 Å². The van der Waals surface area contributed by atoms with Gasteiger partial charge in [-0.3, -0.25) is 0 Å². The van der Waals surface area contributed by atoms with Crippen LogP contribution in [0.2, 0.25) is 0 Å². The number of hydrogen-bond donors (Lipinski definition) is 2. The molecule has 2 saturated carbocycles. The van der Waals surface area contributed by atoms with Crippen LogP contribution in [0.1, 0.15) is 52.7 Å². The quantitative estimate of drug-likeness (QED) is 0.806. The fraction of sp³-hybridized carbons (Fsp3) is 0.435. The number of rotatable bonds is 4. The molecule has 28 heavy (non-hydrogen) atoms. The Kier molecular flexibility index (Phi) is 4.00. The third kappa shape index (κ3) is 2.35. The Morgan fingerprint density at radius 3 is 2.54 bits per heavy atom. The van der Waals surface area contributed by atoms with Crippen LogP contribution in [-0.2, 0) is 0 Å². The largest absolute Gasteiger partial charge is 0.493 e. The molecule has 0 spiro atoms. The SMILES string of the molecule is COc1cccc([C@@H]2Nc3c(C(=O)O)cccc3[C@@H]3[C@@H]4CC[C@@H](C4)[C@@H]32)c1OC. The number of hydrogen-bond acceptors (Lipinski definition) is 4. The maximum absolute atomic E-state index is 11.9. The molecule has 5 rings (SSSR count). The van der Waals surface area contributed by atoms with Gasteiger partial charge >= 0.3 is 5.97 Å². The summed E-state index contributed by atoms with van der Waals surface area (Å²) in [5, 5.41) is 13.4. The normalized spacial score (nSPS) is 29.6. The molecular weight excluding hydrogens is 354 g/mol. The molecule has 5 nitrogen and oxygen atoms in total. The summed E-state index contributed by atoms with van der Waals surface area (Å²) >= 11 is 0. The van der Waals surface area contributed by atoms with Crippen LogP contribution in [0.15, 0.2) is 36.4 Å². The maximum atomic E-state index is 11.9. The highest BCUT2D eigenvalue weighted by molar-refractivity contribution is 5.95. The highest BCUT2D eigenvalue weighted by atomic mass is 16.5. The molecule has 3 aliphatic rings. The summed E-state index contributed by atoms with van der Waals surface area (Å²) in [7, 11) is 3.31. The summed E-state index contributed by atoms with van der Waals surface area (Å²) < 4.78 is 11.3. The number of anilines is 1. The Morgan fingerprint density at radius 1 is 1.04 bits per heavy atom. The second-order valence-corrected chi connectivity index (χ2v) is 8.22. The van der Waals surface area contributed by atoms with Crippen LogP contribution in [0.5, 0.6) is 11.5 Å². The van der Waals surface area contributed by atoms with Crippen LogP contribution in [0.25, 0.3) is 0 Å². The van der Waals surface area contributed by atoms with E-state index < -0.39 is 5.97 Å². The molecule has 2 fully saturated rings. The molecule has 2 aromatic carbocycles. The molecule has 2 aromatic rings. The molecule has 0 saturated heterocycles. The number of para-hydroxylation sites is 2. The Labute approximate surface area is 164 Å². The van der Waals surface area contributed by atoms with Crippen LogP contribution in [0.4, 0.5) is 5.69 Å². The van der Waals surface area contributed by atoms with Crippen LogP contribution < -0.4 is 14.8 Å². The molecule has 0 aromatic heterocycles. The van der Waals surface area contributed by atoms with Crippen LogP contribution in [0, 0.1) is 17.8 Å². The smallest absolute Gasteiger partial charge is 0.337 e. The van der Waals surface area contributed by atoms with E-state index in [1.807, 2.05) is 18.2 Å². The van der Waals surface area contributed by atoms with Gasteiger partial charge in [0.05, 0.1) is 31.5 Å². The molecule has 1 heterocycles. The number of fused-ring (bicyclic) bond motifs is 7. The Balaban J connectivity index is 1.70. The van der Waals surface area contributed by atoms with Gasteiger partial charge in [0.15, 0.2) is 11.5 Å². The van der Waals surface area contributed by atoms with Crippen molar-refractivity contribution in [3.8, 4) is 11.5 Å². The first kappa shape index (κ1) is 17.4. The van der Waals surface area contributed by atoms with E-state index in [1.165, 1.54) is 24.8 Å². The highest BCUT2D eigenvalue weighted by Gasteiger charge is 2.54. The molecule has 2 N–H and O–H groups in total. The lowest BCUT2D eigenvalue weighted by molar-refractivity contribution is 0.0697. The van der Waals surface area contributed by atoms with Gasteiger partial charge in [-0.25, -0.2) is 4.79 Å². The lowest BCUT2D eigenvalue weighted by Crippen LogP contribution is -2.36. The van der Waals surface area contributed by atoms with Gasteiger partial charge in [-0.15, -0.1) is 0 Å². The molecular formula is C23H25NO4. The number of nitrogens with one attached hydrogen (secondary N) is 1. The molecule has 2 aliphatic carbocycles. The molecule has 5 heteroatoms. The number of ether oxygens (including phenoxy) is 2. The third-order valence-electron chi connectivity index (χ3n) is 7.12. The Morgan fingerprint density at radius 2 is 1.79 bits per heavy atom. The van der Waals surface area contributed by atoms with Gasteiger partial charge in [-0.2, -0.15) is 0 Å². The average Bonchev–Trinajstić information content (AvgIpc) is 3.34. The first-order valence-corrected chi connectivity index (χ1v) is 9.97. The van der Waals surface area contributed by atoms with Crippen molar-refractivity contribution in [1.29, 1.82) is 0 Å². The minimum absolute atomic E-state index is 0.0124. The second-order valence-electron chi connectivity index (χ2n) is 8.22. The van der Waals surface area contributed by atoms with Crippen molar-refractivity contribution in [3.05, 3.63) is 53.1 Å². The van der Waals surface area contributed by atoms with Crippen molar-refractivity contribution in [3.63, 3.8) is 0 Å². The minimum Gasteiger partial charge on any atom is -0.493 e. The highest BCUT2D eigenvalue weighted by Crippen LogP contribution is 2.64.